The van der Waals surface area contributed by atoms with Crippen LogP contribution in [0.5, 0.6) is 0 Å². The summed E-state index contributed by atoms with van der Waals surface area (Å²) in [6.07, 6.45) is 13.5. The molecule has 20 N–H and O–H groups in total. The number of nitrogens with zero attached hydrogens (tertiary/aromatic N) is 7. The van der Waals surface area contributed by atoms with E-state index in [1.807, 2.05) is 0 Å². The molecule has 0 aromatic carbocycles. The summed E-state index contributed by atoms with van der Waals surface area (Å²) in [6, 6.07) is -1.10. The highest BCUT2D eigenvalue weighted by Crippen LogP contribution is 2.24. The number of nitrogens with one attached hydrogen (secondary N) is 4. The Labute approximate surface area is 526 Å². The van der Waals surface area contributed by atoms with Crippen molar-refractivity contribution in [1.29, 1.82) is 0 Å². The average Bonchev–Trinajstić information content (AvgIpc) is 3.51. The SMILES string of the molecule is CCCCN(CCNCCNC(=O)C(N)CCCN=C(N)N)CCN(CCN)CCNCCN.CCCN(CCCCCC(=O)CCCSSCCCC(=O)CCN1CCN(CCC(=O)OCCOC)CC1)CCNC(=O)C(N)CCCN=C(N)N. The number of aliphatic imine (C=N–C) groups is 2. The molecule has 0 aliphatic carbocycles. The predicted molar refractivity (Wildman–Crippen MR) is 357 cm³/mol. The van der Waals surface area contributed by atoms with Crippen molar-refractivity contribution in [2.75, 3.05) is 195 Å². The van der Waals surface area contributed by atoms with Gasteiger partial charge in [0, 0.05) is 188 Å². The van der Waals surface area contributed by atoms with E-state index >= 15 is 0 Å². The van der Waals surface area contributed by atoms with Gasteiger partial charge in [-0.25, -0.2) is 0 Å². The van der Waals surface area contributed by atoms with Crippen LogP contribution in [0, 0.1) is 0 Å². The smallest absolute Gasteiger partial charge is 0.307 e. The molecule has 28 heteroatoms. The molecular formula is C58H123N19O7S2. The van der Waals surface area contributed by atoms with Gasteiger partial charge in [0.15, 0.2) is 11.9 Å². The molecule has 1 aliphatic heterocycles. The molecule has 0 aromatic heterocycles. The van der Waals surface area contributed by atoms with Crippen LogP contribution < -0.4 is 67.1 Å². The zero-order chi connectivity index (χ0) is 63.7. The number of Topliss-reactive ketones (excluding diaryl/α,β-unsaturated/α-hetero) is 2. The number of ketones is 2. The number of carbonyl (C=O) groups is 5. The Morgan fingerprint density at radius 3 is 1.55 bits per heavy atom. The molecule has 0 spiro atoms. The maximum atomic E-state index is 12.4. The van der Waals surface area contributed by atoms with Crippen LogP contribution in [0.4, 0.5) is 0 Å². The van der Waals surface area contributed by atoms with Crippen LogP contribution in [0.15, 0.2) is 9.98 Å². The first kappa shape index (κ1) is 82.5. The predicted octanol–water partition coefficient (Wildman–Crippen LogP) is -0.593. The van der Waals surface area contributed by atoms with Gasteiger partial charge < -0.3 is 96.2 Å². The molecule has 86 heavy (non-hydrogen) atoms. The number of piperazine rings is 1. The molecule has 0 aromatic rings. The van der Waals surface area contributed by atoms with E-state index in [0.29, 0.717) is 135 Å². The fourth-order valence-corrected chi connectivity index (χ4v) is 11.3. The maximum Gasteiger partial charge on any atom is 0.307 e. The van der Waals surface area contributed by atoms with Crippen LogP contribution in [0.3, 0.4) is 0 Å². The normalized spacial score (nSPS) is 13.5. The van der Waals surface area contributed by atoms with Crippen molar-refractivity contribution in [2.24, 2.45) is 55.9 Å². The maximum absolute atomic E-state index is 12.4. The number of carbonyl (C=O) groups excluding carboxylic acids is 5. The zero-order valence-electron chi connectivity index (χ0n) is 53.6. The minimum absolute atomic E-state index is 0.0451. The third-order valence-electron chi connectivity index (χ3n) is 14.2. The van der Waals surface area contributed by atoms with E-state index in [1.54, 1.807) is 28.7 Å². The second-order valence-corrected chi connectivity index (χ2v) is 24.5. The van der Waals surface area contributed by atoms with E-state index in [9.17, 15) is 24.0 Å². The van der Waals surface area contributed by atoms with Gasteiger partial charge in [-0.2, -0.15) is 0 Å². The van der Waals surface area contributed by atoms with Crippen LogP contribution >= 0.6 is 21.6 Å². The highest BCUT2D eigenvalue weighted by atomic mass is 33.1. The lowest BCUT2D eigenvalue weighted by Crippen LogP contribution is -2.47. The summed E-state index contributed by atoms with van der Waals surface area (Å²) >= 11 is 0. The molecule has 1 heterocycles. The number of rotatable bonds is 58. The van der Waals surface area contributed by atoms with Gasteiger partial charge in [-0.15, -0.1) is 0 Å². The third kappa shape index (κ3) is 52.4. The molecular weight excluding hydrogens is 1140 g/mol. The fourth-order valence-electron chi connectivity index (χ4n) is 9.11. The van der Waals surface area contributed by atoms with E-state index in [4.69, 9.17) is 55.3 Å². The van der Waals surface area contributed by atoms with Crippen molar-refractivity contribution in [3.63, 3.8) is 0 Å². The number of methoxy groups -OCH3 is 1. The van der Waals surface area contributed by atoms with E-state index in [-0.39, 0.29) is 29.7 Å². The largest absolute Gasteiger partial charge is 0.463 e. The summed E-state index contributed by atoms with van der Waals surface area (Å²) < 4.78 is 10.0. The number of esters is 1. The number of hydrogen-bond donors (Lipinski definition) is 12. The standard InChI is InChI=1S/C36H70N8O6S2.C22H53N11O/c1-3-18-42(22-17-40-35(48)33(37)13-7-16-41-36(38)39)19-6-4-5-10-31(45)11-8-29-51-52-30-9-12-32(46)14-20-43-23-25-44(26-24-43)21-15-34(47)50-28-27-49-2;1-2-3-14-32(18-19-33(15-7-24)17-12-28-9-6-23)16-13-29-10-11-30-21(34)20(25)5-4-8-31-22(26)27/h33H,3-30,37H2,1-2H3,(H,40,48)(H4,38,39,41);20,28-29H,2-19,23-25H2,1H3,(H,30,34)(H4,26,27,31). The Morgan fingerprint density at radius 1 is 0.512 bits per heavy atom. The van der Waals surface area contributed by atoms with Gasteiger partial charge in [0.25, 0.3) is 0 Å². The zero-order valence-corrected chi connectivity index (χ0v) is 55.2. The van der Waals surface area contributed by atoms with Gasteiger partial charge in [-0.1, -0.05) is 48.3 Å². The minimum atomic E-state index is -0.564. The molecule has 1 fully saturated rings. The van der Waals surface area contributed by atoms with Crippen molar-refractivity contribution in [3.8, 4) is 0 Å². The lowest BCUT2D eigenvalue weighted by atomic mass is 10.1. The summed E-state index contributed by atoms with van der Waals surface area (Å²) in [6.45, 7) is 25.7. The number of amides is 2. The van der Waals surface area contributed by atoms with Gasteiger partial charge in [-0.3, -0.25) is 38.9 Å². The summed E-state index contributed by atoms with van der Waals surface area (Å²) in [7, 11) is 5.19. The minimum Gasteiger partial charge on any atom is -0.463 e. The third-order valence-corrected chi connectivity index (χ3v) is 16.8. The van der Waals surface area contributed by atoms with Gasteiger partial charge in [0.05, 0.1) is 25.1 Å². The van der Waals surface area contributed by atoms with Crippen molar-refractivity contribution >= 4 is 62.9 Å². The molecule has 2 unspecified atom stereocenters. The van der Waals surface area contributed by atoms with Crippen LogP contribution in [0.2, 0.25) is 0 Å². The molecule has 1 saturated heterocycles. The Hall–Kier alpha value is -3.49. The van der Waals surface area contributed by atoms with Crippen molar-refractivity contribution in [1.82, 2.24) is 45.8 Å². The van der Waals surface area contributed by atoms with E-state index in [1.165, 1.54) is 12.8 Å². The molecule has 1 rings (SSSR count). The highest BCUT2D eigenvalue weighted by molar-refractivity contribution is 8.76. The Bertz CT molecular complexity index is 1740. The lowest BCUT2D eigenvalue weighted by molar-refractivity contribution is -0.145. The first-order chi connectivity index (χ1) is 41.6. The van der Waals surface area contributed by atoms with E-state index < -0.39 is 12.1 Å². The first-order valence-electron chi connectivity index (χ1n) is 32.1. The Kier molecular flexibility index (Phi) is 56.7. The van der Waals surface area contributed by atoms with Gasteiger partial charge in [0.1, 0.15) is 18.2 Å². The quantitative estimate of drug-likeness (QED) is 0.0119. The summed E-state index contributed by atoms with van der Waals surface area (Å²) in [5, 5.41) is 12.6. The molecule has 0 saturated carbocycles. The van der Waals surface area contributed by atoms with Crippen molar-refractivity contribution in [2.45, 2.75) is 135 Å². The monoisotopic (exact) mass is 1260 g/mol. The second kappa shape index (κ2) is 59.2. The van der Waals surface area contributed by atoms with Crippen molar-refractivity contribution < 1.29 is 33.4 Å². The van der Waals surface area contributed by atoms with Crippen LogP contribution in [-0.2, 0) is 33.4 Å². The van der Waals surface area contributed by atoms with Crippen LogP contribution in [0.1, 0.15) is 123 Å². The first-order valence-corrected chi connectivity index (χ1v) is 34.6. The number of ether oxygens (including phenoxy) is 2. The number of unbranched alkanes of at least 4 members (excludes halogenated alkanes) is 3. The molecule has 2 amide bonds. The molecule has 2 atom stereocenters. The molecule has 0 radical (unpaired) electrons. The topological polar surface area (TPSA) is 401 Å². The summed E-state index contributed by atoms with van der Waals surface area (Å²) in [5.41, 5.74) is 44.4. The van der Waals surface area contributed by atoms with Crippen LogP contribution in [-0.4, -0.2) is 273 Å². The van der Waals surface area contributed by atoms with E-state index in [2.05, 4.69) is 69.6 Å². The number of nitrogens with two attached hydrogens (primary N) is 8. The summed E-state index contributed by atoms with van der Waals surface area (Å²) in [5.74, 6) is 2.21. The average molecular weight is 1260 g/mol. The molecule has 1 aliphatic rings. The van der Waals surface area contributed by atoms with Crippen LogP contribution in [0.25, 0.3) is 0 Å². The fraction of sp³-hybridized carbons (Fsp3) is 0.879. The number of hydrogen-bond acceptors (Lipinski definition) is 22. The van der Waals surface area contributed by atoms with Gasteiger partial charge >= 0.3 is 5.97 Å². The molecule has 26 nitrogen and oxygen atoms in total. The number of guanidine groups is 2. The highest BCUT2D eigenvalue weighted by Gasteiger charge is 2.19. The lowest BCUT2D eigenvalue weighted by Gasteiger charge is -2.34. The molecule has 504 valence electrons. The van der Waals surface area contributed by atoms with Crippen molar-refractivity contribution in [3.05, 3.63) is 0 Å². The van der Waals surface area contributed by atoms with Gasteiger partial charge in [0.2, 0.25) is 11.8 Å². The van der Waals surface area contributed by atoms with Gasteiger partial charge in [-0.05, 0) is 83.8 Å². The summed E-state index contributed by atoms with van der Waals surface area (Å²) in [4.78, 5) is 80.5. The Balaban J connectivity index is 0.00000184. The Morgan fingerprint density at radius 2 is 1.01 bits per heavy atom. The molecule has 0 bridgehead atoms. The van der Waals surface area contributed by atoms with E-state index in [0.717, 1.165) is 161 Å². The second-order valence-electron chi connectivity index (χ2n) is 21.8.